The molecular weight excluding hydrogens is 360 g/mol. The molecule has 156 valence electrons. The molecule has 0 heterocycles. The van der Waals surface area contributed by atoms with Gasteiger partial charge in [0.1, 0.15) is 5.75 Å². The molecule has 2 aromatic rings. The van der Waals surface area contributed by atoms with Crippen LogP contribution < -0.4 is 10.1 Å². The first kappa shape index (κ1) is 21.4. The van der Waals surface area contributed by atoms with Crippen LogP contribution in [0.4, 0.5) is 5.69 Å². The first-order valence-electron chi connectivity index (χ1n) is 11.0. The monoisotopic (exact) mass is 394 g/mol. The van der Waals surface area contributed by atoms with Gasteiger partial charge in [0.25, 0.3) is 5.91 Å². The summed E-state index contributed by atoms with van der Waals surface area (Å²) in [5.74, 6) is 1.29. The van der Waals surface area contributed by atoms with Gasteiger partial charge < -0.3 is 10.1 Å². The lowest BCUT2D eigenvalue weighted by molar-refractivity contribution is -0.118. The number of rotatable bonds is 9. The van der Waals surface area contributed by atoms with E-state index in [1.807, 2.05) is 24.3 Å². The van der Waals surface area contributed by atoms with Crippen molar-refractivity contribution in [1.29, 1.82) is 0 Å². The van der Waals surface area contributed by atoms with Crippen molar-refractivity contribution in [2.45, 2.75) is 58.4 Å². The number of hydrogen-bond acceptors (Lipinski definition) is 3. The number of nitrogens with zero attached hydrogens (tertiary/aromatic N) is 1. The van der Waals surface area contributed by atoms with Crippen molar-refractivity contribution in [2.75, 3.05) is 25.0 Å². The second-order valence-electron chi connectivity index (χ2n) is 7.90. The smallest absolute Gasteiger partial charge is 0.262 e. The third-order valence-electron chi connectivity index (χ3n) is 5.86. The Morgan fingerprint density at radius 2 is 1.62 bits per heavy atom. The summed E-state index contributed by atoms with van der Waals surface area (Å²) in [7, 11) is 0. The number of nitrogens with one attached hydrogen (secondary N) is 1. The van der Waals surface area contributed by atoms with Crippen LogP contribution in [0.25, 0.3) is 0 Å². The summed E-state index contributed by atoms with van der Waals surface area (Å²) in [4.78, 5) is 14.6. The van der Waals surface area contributed by atoms with Crippen LogP contribution >= 0.6 is 0 Å². The Morgan fingerprint density at radius 1 is 0.966 bits per heavy atom. The minimum absolute atomic E-state index is 0.0178. The summed E-state index contributed by atoms with van der Waals surface area (Å²) in [6.45, 7) is 7.36. The van der Waals surface area contributed by atoms with Crippen molar-refractivity contribution in [1.82, 2.24) is 4.90 Å². The maximum Gasteiger partial charge on any atom is 0.262 e. The molecule has 1 fully saturated rings. The van der Waals surface area contributed by atoms with Gasteiger partial charge in [-0.2, -0.15) is 0 Å². The fraction of sp³-hybridized carbons (Fsp3) is 0.480. The molecule has 0 unspecified atom stereocenters. The SMILES string of the molecule is CCN(CC)Cc1ccc(NC(=O)COc2ccc(C3CCCCC3)cc2)cc1. The predicted molar refractivity (Wildman–Crippen MR) is 119 cm³/mol. The highest BCUT2D eigenvalue weighted by atomic mass is 16.5. The topological polar surface area (TPSA) is 41.6 Å². The third-order valence-corrected chi connectivity index (χ3v) is 5.86. The van der Waals surface area contributed by atoms with E-state index in [0.717, 1.165) is 31.1 Å². The van der Waals surface area contributed by atoms with Crippen molar-refractivity contribution in [3.8, 4) is 5.75 Å². The molecule has 1 N–H and O–H groups in total. The molecule has 2 aromatic carbocycles. The molecule has 0 atom stereocenters. The summed E-state index contributed by atoms with van der Waals surface area (Å²) < 4.78 is 5.67. The summed E-state index contributed by atoms with van der Waals surface area (Å²) in [5, 5.41) is 2.91. The first-order chi connectivity index (χ1) is 14.2. The molecule has 0 spiro atoms. The largest absolute Gasteiger partial charge is 0.484 e. The van der Waals surface area contributed by atoms with E-state index >= 15 is 0 Å². The van der Waals surface area contributed by atoms with Crippen LogP contribution in [-0.4, -0.2) is 30.5 Å². The zero-order valence-electron chi connectivity index (χ0n) is 17.8. The molecule has 0 aromatic heterocycles. The average molecular weight is 395 g/mol. The molecule has 29 heavy (non-hydrogen) atoms. The second-order valence-corrected chi connectivity index (χ2v) is 7.90. The van der Waals surface area contributed by atoms with Crippen LogP contribution in [0.15, 0.2) is 48.5 Å². The molecular formula is C25H34N2O2. The van der Waals surface area contributed by atoms with E-state index in [4.69, 9.17) is 4.74 Å². The molecule has 4 heteroatoms. The van der Waals surface area contributed by atoms with Gasteiger partial charge in [-0.1, -0.05) is 57.4 Å². The van der Waals surface area contributed by atoms with Gasteiger partial charge in [-0.3, -0.25) is 9.69 Å². The highest BCUT2D eigenvalue weighted by Crippen LogP contribution is 2.33. The third kappa shape index (κ3) is 6.60. The van der Waals surface area contributed by atoms with Crippen LogP contribution in [0.1, 0.15) is 63.0 Å². The maximum atomic E-state index is 12.2. The number of carbonyl (C=O) groups is 1. The number of ether oxygens (including phenoxy) is 1. The number of amides is 1. The van der Waals surface area contributed by atoms with E-state index in [1.54, 1.807) is 0 Å². The van der Waals surface area contributed by atoms with Crippen LogP contribution in [0.2, 0.25) is 0 Å². The Bertz CT molecular complexity index is 745. The van der Waals surface area contributed by atoms with Crippen molar-refractivity contribution in [3.63, 3.8) is 0 Å². The van der Waals surface area contributed by atoms with Gasteiger partial charge in [0.05, 0.1) is 0 Å². The summed E-state index contributed by atoms with van der Waals surface area (Å²) >= 11 is 0. The van der Waals surface area contributed by atoms with Crippen LogP contribution in [0.5, 0.6) is 5.75 Å². The molecule has 1 aliphatic carbocycles. The van der Waals surface area contributed by atoms with E-state index in [2.05, 4.69) is 48.3 Å². The maximum absolute atomic E-state index is 12.2. The quantitative estimate of drug-likeness (QED) is 0.602. The van der Waals surface area contributed by atoms with Gasteiger partial charge in [-0.15, -0.1) is 0 Å². The zero-order chi connectivity index (χ0) is 20.5. The average Bonchev–Trinajstić information content (AvgIpc) is 2.78. The van der Waals surface area contributed by atoms with E-state index in [1.165, 1.54) is 43.2 Å². The lowest BCUT2D eigenvalue weighted by atomic mass is 9.84. The molecule has 3 rings (SSSR count). The standard InChI is InChI=1S/C25H34N2O2/c1-3-27(4-2)18-20-10-14-23(15-11-20)26-25(28)19-29-24-16-12-22(13-17-24)21-8-6-5-7-9-21/h10-17,21H,3-9,18-19H2,1-2H3,(H,26,28). The van der Waals surface area contributed by atoms with Crippen molar-refractivity contribution >= 4 is 11.6 Å². The minimum atomic E-state index is -0.141. The van der Waals surface area contributed by atoms with E-state index in [0.29, 0.717) is 5.92 Å². The van der Waals surface area contributed by atoms with E-state index in [-0.39, 0.29) is 12.5 Å². The Kier molecular flexibility index (Phi) is 8.12. The van der Waals surface area contributed by atoms with E-state index < -0.39 is 0 Å². The van der Waals surface area contributed by atoms with Gasteiger partial charge in [-0.05, 0) is 67.2 Å². The minimum Gasteiger partial charge on any atom is -0.484 e. The van der Waals surface area contributed by atoms with Crippen LogP contribution in [0.3, 0.4) is 0 Å². The summed E-state index contributed by atoms with van der Waals surface area (Å²) in [6, 6.07) is 16.3. The summed E-state index contributed by atoms with van der Waals surface area (Å²) in [6.07, 6.45) is 6.61. The molecule has 4 nitrogen and oxygen atoms in total. The molecule has 0 radical (unpaired) electrons. The van der Waals surface area contributed by atoms with Crippen molar-refractivity contribution in [2.24, 2.45) is 0 Å². The van der Waals surface area contributed by atoms with E-state index in [9.17, 15) is 4.79 Å². The highest BCUT2D eigenvalue weighted by molar-refractivity contribution is 5.91. The number of carbonyl (C=O) groups excluding carboxylic acids is 1. The Balaban J connectivity index is 1.44. The van der Waals surface area contributed by atoms with Crippen LogP contribution in [0, 0.1) is 0 Å². The Morgan fingerprint density at radius 3 is 2.24 bits per heavy atom. The predicted octanol–water partition coefficient (Wildman–Crippen LogP) is 5.59. The fourth-order valence-corrected chi connectivity index (χ4v) is 4.02. The molecule has 1 amide bonds. The van der Waals surface area contributed by atoms with Gasteiger partial charge >= 0.3 is 0 Å². The molecule has 0 bridgehead atoms. The molecule has 1 aliphatic rings. The number of hydrogen-bond donors (Lipinski definition) is 1. The normalized spacial score (nSPS) is 14.7. The number of benzene rings is 2. The van der Waals surface area contributed by atoms with Gasteiger partial charge in [0.15, 0.2) is 6.61 Å². The number of anilines is 1. The lowest BCUT2D eigenvalue weighted by Gasteiger charge is -2.22. The lowest BCUT2D eigenvalue weighted by Crippen LogP contribution is -2.22. The van der Waals surface area contributed by atoms with Gasteiger partial charge in [0.2, 0.25) is 0 Å². The molecule has 1 saturated carbocycles. The molecule has 0 saturated heterocycles. The Labute approximate surface area is 175 Å². The highest BCUT2D eigenvalue weighted by Gasteiger charge is 2.15. The van der Waals surface area contributed by atoms with Gasteiger partial charge in [-0.25, -0.2) is 0 Å². The van der Waals surface area contributed by atoms with Crippen molar-refractivity contribution < 1.29 is 9.53 Å². The summed E-state index contributed by atoms with van der Waals surface area (Å²) in [5.41, 5.74) is 3.45. The zero-order valence-corrected chi connectivity index (χ0v) is 17.8. The Hall–Kier alpha value is -2.33. The van der Waals surface area contributed by atoms with Crippen LogP contribution in [-0.2, 0) is 11.3 Å². The fourth-order valence-electron chi connectivity index (χ4n) is 4.02. The second kappa shape index (κ2) is 11.0. The molecule has 0 aliphatic heterocycles. The van der Waals surface area contributed by atoms with Crippen molar-refractivity contribution in [3.05, 3.63) is 59.7 Å². The first-order valence-corrected chi connectivity index (χ1v) is 11.0. The van der Waals surface area contributed by atoms with Gasteiger partial charge in [0, 0.05) is 12.2 Å².